The predicted octanol–water partition coefficient (Wildman–Crippen LogP) is 4.13. The van der Waals surface area contributed by atoms with E-state index in [2.05, 4.69) is 0 Å². The van der Waals surface area contributed by atoms with Crippen molar-refractivity contribution in [2.45, 2.75) is 6.04 Å². The van der Waals surface area contributed by atoms with E-state index in [0.29, 0.717) is 0 Å². The van der Waals surface area contributed by atoms with Crippen LogP contribution >= 0.6 is 0 Å². The molecule has 0 bridgehead atoms. The Balaban J connectivity index is 2.84. The van der Waals surface area contributed by atoms with Crippen molar-refractivity contribution in [2.75, 3.05) is 0 Å². The number of nitrogens with two attached hydrogens (primary N) is 1. The van der Waals surface area contributed by atoms with Gasteiger partial charge in [-0.05, 0) is 0 Å². The van der Waals surface area contributed by atoms with E-state index in [-0.39, 0.29) is 0 Å². The molecule has 0 spiro atoms. The van der Waals surface area contributed by atoms with E-state index in [1.54, 1.807) is 0 Å². The highest BCUT2D eigenvalue weighted by Gasteiger charge is 2.35. The van der Waals surface area contributed by atoms with Crippen molar-refractivity contribution in [3.05, 3.63) is 69.3 Å². The van der Waals surface area contributed by atoms with Gasteiger partial charge in [0.05, 0.1) is 17.2 Å². The molecule has 1 nitrogen and oxygen atoms in total. The Kier molecular flexibility index (Phi) is 4.48. The first-order valence-electron chi connectivity index (χ1n) is 5.80. The molecule has 0 amide bonds. The molecule has 0 aliphatic carbocycles. The summed E-state index contributed by atoms with van der Waals surface area (Å²) >= 11 is 0. The summed E-state index contributed by atoms with van der Waals surface area (Å²) in [6, 6.07) is -2.86. The molecule has 0 saturated carbocycles. The lowest BCUT2D eigenvalue weighted by Gasteiger charge is -2.18. The fraction of sp³-hybridized carbons (Fsp3) is 0.0769. The summed E-state index contributed by atoms with van der Waals surface area (Å²) in [7, 11) is 0. The highest BCUT2D eigenvalue weighted by atomic mass is 19.2. The van der Waals surface area contributed by atoms with Crippen molar-refractivity contribution in [3.63, 3.8) is 0 Å². The van der Waals surface area contributed by atoms with E-state index in [9.17, 15) is 43.9 Å². The van der Waals surface area contributed by atoms with Gasteiger partial charge >= 0.3 is 0 Å². The van der Waals surface area contributed by atoms with Crippen LogP contribution in [0.4, 0.5) is 43.9 Å². The van der Waals surface area contributed by atoms with E-state index < -0.39 is 75.3 Å². The van der Waals surface area contributed by atoms with E-state index in [0.717, 1.165) is 0 Å². The average molecular weight is 363 g/mol. The van der Waals surface area contributed by atoms with Crippen LogP contribution in [0.5, 0.6) is 0 Å². The van der Waals surface area contributed by atoms with Crippen LogP contribution in [0.25, 0.3) is 0 Å². The number of rotatable bonds is 2. The summed E-state index contributed by atoms with van der Waals surface area (Å²) < 4.78 is 132. The zero-order valence-electron chi connectivity index (χ0n) is 10.9. The maximum Gasteiger partial charge on any atom is 0.200 e. The van der Waals surface area contributed by atoms with Crippen molar-refractivity contribution < 1.29 is 43.9 Å². The van der Waals surface area contributed by atoms with Gasteiger partial charge in [0.15, 0.2) is 46.5 Å². The first-order chi connectivity index (χ1) is 11.0. The molecule has 0 fully saturated rings. The summed E-state index contributed by atoms with van der Waals surface area (Å²) in [6.07, 6.45) is 0. The van der Waals surface area contributed by atoms with Gasteiger partial charge in [-0.2, -0.15) is 0 Å². The lowest BCUT2D eigenvalue weighted by Crippen LogP contribution is -2.23. The minimum Gasteiger partial charge on any atom is -0.320 e. The number of hydrogen-bond donors (Lipinski definition) is 1. The molecule has 24 heavy (non-hydrogen) atoms. The van der Waals surface area contributed by atoms with Gasteiger partial charge in [0.2, 0.25) is 11.6 Å². The maximum absolute atomic E-state index is 13.6. The molecular formula is C13H3F10N. The third-order valence-corrected chi connectivity index (χ3v) is 3.11. The zero-order chi connectivity index (χ0) is 18.5. The molecule has 11 heteroatoms. The number of benzene rings is 2. The van der Waals surface area contributed by atoms with Crippen molar-refractivity contribution >= 4 is 0 Å². The van der Waals surface area contributed by atoms with E-state index in [4.69, 9.17) is 5.73 Å². The average Bonchev–Trinajstić information content (AvgIpc) is 2.55. The van der Waals surface area contributed by atoms with Crippen LogP contribution in [0.15, 0.2) is 0 Å². The molecule has 0 aliphatic rings. The van der Waals surface area contributed by atoms with Gasteiger partial charge in [0.25, 0.3) is 0 Å². The second kappa shape index (κ2) is 5.96. The highest BCUT2D eigenvalue weighted by Crippen LogP contribution is 2.34. The predicted molar refractivity (Wildman–Crippen MR) is 58.5 cm³/mol. The maximum atomic E-state index is 13.6. The second-order valence-corrected chi connectivity index (χ2v) is 4.44. The van der Waals surface area contributed by atoms with E-state index in [1.807, 2.05) is 0 Å². The topological polar surface area (TPSA) is 26.0 Å². The third-order valence-electron chi connectivity index (χ3n) is 3.11. The van der Waals surface area contributed by atoms with Gasteiger partial charge in [-0.15, -0.1) is 0 Å². The molecule has 0 aliphatic heterocycles. The van der Waals surface area contributed by atoms with E-state index >= 15 is 0 Å². The summed E-state index contributed by atoms with van der Waals surface area (Å²) in [5, 5.41) is 0. The fourth-order valence-corrected chi connectivity index (χ4v) is 1.93. The molecule has 0 radical (unpaired) electrons. The van der Waals surface area contributed by atoms with Gasteiger partial charge in [-0.25, -0.2) is 43.9 Å². The highest BCUT2D eigenvalue weighted by molar-refractivity contribution is 5.37. The Hall–Kier alpha value is -2.30. The van der Waals surface area contributed by atoms with Crippen LogP contribution in [-0.4, -0.2) is 0 Å². The third kappa shape index (κ3) is 2.39. The summed E-state index contributed by atoms with van der Waals surface area (Å²) in [5.41, 5.74) is 1.12. The lowest BCUT2D eigenvalue weighted by atomic mass is 9.96. The van der Waals surface area contributed by atoms with Crippen molar-refractivity contribution in [3.8, 4) is 0 Å². The van der Waals surface area contributed by atoms with Crippen LogP contribution in [0.1, 0.15) is 17.2 Å². The molecule has 0 saturated heterocycles. The summed E-state index contributed by atoms with van der Waals surface area (Å²) in [4.78, 5) is 0. The van der Waals surface area contributed by atoms with Gasteiger partial charge in [0.1, 0.15) is 0 Å². The molecular weight excluding hydrogens is 360 g/mol. The van der Waals surface area contributed by atoms with E-state index in [1.165, 1.54) is 0 Å². The Morgan fingerprint density at radius 3 is 0.750 bits per heavy atom. The smallest absolute Gasteiger partial charge is 0.200 e. The SMILES string of the molecule is NC(c1c(F)c(F)c(F)c(F)c1F)c1c(F)c(F)c(F)c(F)c1F. The van der Waals surface area contributed by atoms with Gasteiger partial charge in [-0.3, -0.25) is 0 Å². The second-order valence-electron chi connectivity index (χ2n) is 4.44. The van der Waals surface area contributed by atoms with Crippen LogP contribution in [0.2, 0.25) is 0 Å². The Bertz CT molecular complexity index is 720. The molecule has 0 aromatic heterocycles. The molecule has 0 heterocycles. The largest absolute Gasteiger partial charge is 0.320 e. The first kappa shape index (κ1) is 18.0. The molecule has 0 unspecified atom stereocenters. The Morgan fingerprint density at radius 2 is 0.542 bits per heavy atom. The lowest BCUT2D eigenvalue weighted by molar-refractivity contribution is 0.354. The molecule has 2 aromatic rings. The van der Waals surface area contributed by atoms with Crippen molar-refractivity contribution in [1.82, 2.24) is 0 Å². The quantitative estimate of drug-likeness (QED) is 0.485. The fourth-order valence-electron chi connectivity index (χ4n) is 1.93. The Morgan fingerprint density at radius 1 is 0.375 bits per heavy atom. The van der Waals surface area contributed by atoms with Gasteiger partial charge in [0, 0.05) is 0 Å². The van der Waals surface area contributed by atoms with Crippen LogP contribution in [-0.2, 0) is 0 Å². The normalized spacial score (nSPS) is 11.5. The molecule has 0 atom stereocenters. The van der Waals surface area contributed by atoms with Crippen LogP contribution in [0, 0.1) is 58.2 Å². The molecule has 2 N–H and O–H groups in total. The molecule has 2 aromatic carbocycles. The van der Waals surface area contributed by atoms with Crippen LogP contribution in [0.3, 0.4) is 0 Å². The molecule has 130 valence electrons. The van der Waals surface area contributed by atoms with Crippen LogP contribution < -0.4 is 5.73 Å². The first-order valence-corrected chi connectivity index (χ1v) is 5.80. The standard InChI is InChI=1S/C13H3F10N/c14-3-1(4(15)8(19)11(22)7(3)18)13(24)2-5(16)9(20)12(23)10(21)6(2)17/h13H,24H2. The zero-order valence-corrected chi connectivity index (χ0v) is 10.9. The van der Waals surface area contributed by atoms with Gasteiger partial charge in [-0.1, -0.05) is 0 Å². The number of halogens is 10. The summed E-state index contributed by atoms with van der Waals surface area (Å²) in [5.74, 6) is -25.4. The Labute approximate surface area is 126 Å². The number of hydrogen-bond acceptors (Lipinski definition) is 1. The summed E-state index contributed by atoms with van der Waals surface area (Å²) in [6.45, 7) is 0. The van der Waals surface area contributed by atoms with Gasteiger partial charge < -0.3 is 5.73 Å². The minimum absolute atomic E-state index is 1.95. The minimum atomic E-state index is -2.86. The molecule has 2 rings (SSSR count). The van der Waals surface area contributed by atoms with Crippen molar-refractivity contribution in [2.24, 2.45) is 5.73 Å². The van der Waals surface area contributed by atoms with Crippen molar-refractivity contribution in [1.29, 1.82) is 0 Å². The monoisotopic (exact) mass is 363 g/mol.